The molecule has 0 saturated carbocycles. The average molecular weight is 382 g/mol. The maximum Gasteiger partial charge on any atom is 0.573 e. The Morgan fingerprint density at radius 1 is 1.22 bits per heavy atom. The molecule has 0 unspecified atom stereocenters. The molecule has 2 heterocycles. The van der Waals surface area contributed by atoms with Crippen LogP contribution in [0.25, 0.3) is 0 Å². The van der Waals surface area contributed by atoms with Gasteiger partial charge in [0.1, 0.15) is 23.2 Å². The number of fused-ring (bicyclic) bond motifs is 1. The van der Waals surface area contributed by atoms with E-state index in [4.69, 9.17) is 5.11 Å². The molecule has 6 nitrogen and oxygen atoms in total. The zero-order valence-electron chi connectivity index (χ0n) is 14.9. The van der Waals surface area contributed by atoms with Crippen LogP contribution in [0, 0.1) is 6.92 Å². The number of aliphatic hydroxyl groups excluding tert-OH is 1. The van der Waals surface area contributed by atoms with Crippen molar-refractivity contribution in [2.45, 2.75) is 32.7 Å². The van der Waals surface area contributed by atoms with E-state index in [1.165, 1.54) is 12.1 Å². The highest BCUT2D eigenvalue weighted by atomic mass is 19.4. The van der Waals surface area contributed by atoms with E-state index in [9.17, 15) is 13.2 Å². The molecule has 0 amide bonds. The summed E-state index contributed by atoms with van der Waals surface area (Å²) in [7, 11) is 0. The van der Waals surface area contributed by atoms with E-state index in [-0.39, 0.29) is 12.4 Å². The van der Waals surface area contributed by atoms with Gasteiger partial charge in [-0.1, -0.05) is 6.07 Å². The predicted octanol–water partition coefficient (Wildman–Crippen LogP) is 3.04. The lowest BCUT2D eigenvalue weighted by Crippen LogP contribution is -2.31. The lowest BCUT2D eigenvalue weighted by atomic mass is 9.99. The van der Waals surface area contributed by atoms with Crippen LogP contribution in [0.1, 0.15) is 23.4 Å². The van der Waals surface area contributed by atoms with Crippen molar-refractivity contribution in [3.63, 3.8) is 0 Å². The molecular formula is C18H21F3N4O2. The van der Waals surface area contributed by atoms with Gasteiger partial charge in [0, 0.05) is 32.3 Å². The number of nitrogens with zero attached hydrogens (tertiary/aromatic N) is 3. The van der Waals surface area contributed by atoms with Gasteiger partial charge >= 0.3 is 6.36 Å². The van der Waals surface area contributed by atoms with E-state index < -0.39 is 6.36 Å². The summed E-state index contributed by atoms with van der Waals surface area (Å²) in [6.45, 7) is 3.70. The fourth-order valence-corrected chi connectivity index (χ4v) is 3.02. The number of aliphatic hydroxyl groups is 1. The number of halogens is 3. The van der Waals surface area contributed by atoms with Crippen molar-refractivity contribution in [1.29, 1.82) is 0 Å². The zero-order chi connectivity index (χ0) is 19.4. The van der Waals surface area contributed by atoms with Gasteiger partial charge in [-0.05, 0) is 43.0 Å². The van der Waals surface area contributed by atoms with Crippen LogP contribution in [0.15, 0.2) is 24.3 Å². The summed E-state index contributed by atoms with van der Waals surface area (Å²) < 4.78 is 41.1. The number of aromatic nitrogens is 2. The highest BCUT2D eigenvalue weighted by Crippen LogP contribution is 2.29. The highest BCUT2D eigenvalue weighted by molar-refractivity contribution is 5.52. The van der Waals surface area contributed by atoms with Gasteiger partial charge in [-0.15, -0.1) is 13.2 Å². The fraction of sp³-hybridized carbons (Fsp3) is 0.444. The van der Waals surface area contributed by atoms with E-state index in [2.05, 4.69) is 24.9 Å². The van der Waals surface area contributed by atoms with Crippen molar-refractivity contribution in [3.05, 3.63) is 41.2 Å². The molecule has 3 rings (SSSR count). The third kappa shape index (κ3) is 5.22. The molecule has 2 N–H and O–H groups in total. The molecule has 0 spiro atoms. The summed E-state index contributed by atoms with van der Waals surface area (Å²) in [5.41, 5.74) is 1.79. The Morgan fingerprint density at radius 2 is 2.04 bits per heavy atom. The van der Waals surface area contributed by atoms with Gasteiger partial charge in [-0.2, -0.15) is 0 Å². The minimum Gasteiger partial charge on any atom is -0.406 e. The first-order valence-corrected chi connectivity index (χ1v) is 8.67. The van der Waals surface area contributed by atoms with Crippen LogP contribution in [0.2, 0.25) is 0 Å². The van der Waals surface area contributed by atoms with Crippen LogP contribution < -0.4 is 15.0 Å². The Balaban J connectivity index is 1.74. The second-order valence-corrected chi connectivity index (χ2v) is 6.31. The quantitative estimate of drug-likeness (QED) is 0.749. The number of anilines is 2. The number of benzene rings is 1. The topological polar surface area (TPSA) is 70.5 Å². The van der Waals surface area contributed by atoms with Crippen molar-refractivity contribution >= 4 is 11.6 Å². The van der Waals surface area contributed by atoms with Crippen LogP contribution in [-0.2, 0) is 13.0 Å². The Hall–Kier alpha value is -2.55. The number of hydrogen-bond donors (Lipinski definition) is 2. The smallest absolute Gasteiger partial charge is 0.406 e. The van der Waals surface area contributed by atoms with Gasteiger partial charge < -0.3 is 20.1 Å². The van der Waals surface area contributed by atoms with Crippen LogP contribution in [-0.4, -0.2) is 41.1 Å². The average Bonchev–Trinajstić information content (AvgIpc) is 2.59. The fourth-order valence-electron chi connectivity index (χ4n) is 3.02. The molecule has 1 aliphatic rings. The molecule has 0 aliphatic carbocycles. The maximum absolute atomic E-state index is 12.4. The van der Waals surface area contributed by atoms with Crippen LogP contribution in [0.5, 0.6) is 5.75 Å². The normalized spacial score (nSPS) is 14.0. The summed E-state index contributed by atoms with van der Waals surface area (Å²) in [5, 5.41) is 12.0. The lowest BCUT2D eigenvalue weighted by Gasteiger charge is -2.30. The first kappa shape index (κ1) is 19.2. The third-order valence-electron chi connectivity index (χ3n) is 4.21. The van der Waals surface area contributed by atoms with Gasteiger partial charge in [0.05, 0.1) is 0 Å². The largest absolute Gasteiger partial charge is 0.573 e. The first-order valence-electron chi connectivity index (χ1n) is 8.67. The van der Waals surface area contributed by atoms with Crippen molar-refractivity contribution in [1.82, 2.24) is 9.97 Å². The van der Waals surface area contributed by atoms with E-state index in [1.807, 2.05) is 6.07 Å². The minimum absolute atomic E-state index is 0.104. The van der Waals surface area contributed by atoms with Gasteiger partial charge in [0.25, 0.3) is 0 Å². The predicted molar refractivity (Wildman–Crippen MR) is 94.8 cm³/mol. The van der Waals surface area contributed by atoms with Crippen molar-refractivity contribution < 1.29 is 23.0 Å². The summed E-state index contributed by atoms with van der Waals surface area (Å²) in [6.07, 6.45) is -3.47. The molecule has 0 saturated heterocycles. The van der Waals surface area contributed by atoms with Gasteiger partial charge in [-0.3, -0.25) is 0 Å². The monoisotopic (exact) mass is 382 g/mol. The lowest BCUT2D eigenvalue weighted by molar-refractivity contribution is -0.274. The standard InChI is InChI=1S/C18H21F3N4O2/c1-12-23-16(22-6-2-8-26)10-17(24-12)25-7-5-13-9-15(27-18(19,20)21)4-3-14(13)11-25/h3-4,9-10,26H,2,5-8,11H2,1H3,(H,22,23,24). The molecule has 2 aromatic rings. The number of nitrogens with one attached hydrogen (secondary N) is 1. The van der Waals surface area contributed by atoms with E-state index in [0.717, 1.165) is 16.9 Å². The molecule has 0 fully saturated rings. The summed E-state index contributed by atoms with van der Waals surface area (Å²) in [6, 6.07) is 6.30. The summed E-state index contributed by atoms with van der Waals surface area (Å²) in [5.74, 6) is 1.88. The molecule has 1 aromatic carbocycles. The molecule has 9 heteroatoms. The Bertz CT molecular complexity index is 799. The van der Waals surface area contributed by atoms with Crippen molar-refractivity contribution in [3.8, 4) is 5.75 Å². The van der Waals surface area contributed by atoms with E-state index >= 15 is 0 Å². The number of hydrogen-bond acceptors (Lipinski definition) is 6. The molecule has 0 atom stereocenters. The first-order chi connectivity index (χ1) is 12.8. The zero-order valence-corrected chi connectivity index (χ0v) is 14.9. The van der Waals surface area contributed by atoms with Crippen LogP contribution in [0.3, 0.4) is 0 Å². The van der Waals surface area contributed by atoms with Gasteiger partial charge in [0.2, 0.25) is 0 Å². The molecule has 0 bridgehead atoms. The number of aryl methyl sites for hydroxylation is 1. The Kier molecular flexibility index (Phi) is 5.69. The molecule has 146 valence electrons. The second-order valence-electron chi connectivity index (χ2n) is 6.31. The molecule has 27 heavy (non-hydrogen) atoms. The molecular weight excluding hydrogens is 361 g/mol. The van der Waals surface area contributed by atoms with Crippen LogP contribution >= 0.6 is 0 Å². The minimum atomic E-state index is -4.69. The highest BCUT2D eigenvalue weighted by Gasteiger charge is 2.31. The van der Waals surface area contributed by atoms with E-state index in [1.54, 1.807) is 13.0 Å². The SMILES string of the molecule is Cc1nc(NCCCO)cc(N2CCc3cc(OC(F)(F)F)ccc3C2)n1. The maximum atomic E-state index is 12.4. The Labute approximate surface area is 155 Å². The third-order valence-corrected chi connectivity index (χ3v) is 4.21. The number of rotatable bonds is 6. The second kappa shape index (κ2) is 7.99. The van der Waals surface area contributed by atoms with E-state index in [0.29, 0.717) is 44.1 Å². The summed E-state index contributed by atoms with van der Waals surface area (Å²) >= 11 is 0. The van der Waals surface area contributed by atoms with Gasteiger partial charge in [0.15, 0.2) is 0 Å². The molecule has 0 radical (unpaired) electrons. The Morgan fingerprint density at radius 3 is 2.78 bits per heavy atom. The summed E-state index contributed by atoms with van der Waals surface area (Å²) in [4.78, 5) is 10.9. The van der Waals surface area contributed by atoms with Crippen molar-refractivity contribution in [2.75, 3.05) is 29.9 Å². The molecule has 1 aliphatic heterocycles. The number of alkyl halides is 3. The number of ether oxygens (including phenoxy) is 1. The van der Waals surface area contributed by atoms with Crippen LogP contribution in [0.4, 0.5) is 24.8 Å². The van der Waals surface area contributed by atoms with Crippen molar-refractivity contribution in [2.24, 2.45) is 0 Å². The molecule has 1 aromatic heterocycles. The van der Waals surface area contributed by atoms with Gasteiger partial charge in [-0.25, -0.2) is 9.97 Å².